The Hall–Kier alpha value is -4.20. The third-order valence-electron chi connectivity index (χ3n) is 5.61. The predicted octanol–water partition coefficient (Wildman–Crippen LogP) is 5.48. The number of allylic oxidation sites excluding steroid dienone is 4. The highest BCUT2D eigenvalue weighted by Gasteiger charge is 2.26. The molecule has 2 N–H and O–H groups in total. The molecule has 8 heteroatoms. The Morgan fingerprint density at radius 2 is 1.37 bits per heavy atom. The minimum Gasteiger partial charge on any atom is -0.361 e. The van der Waals surface area contributed by atoms with Crippen LogP contribution in [0.25, 0.3) is 21.8 Å². The van der Waals surface area contributed by atoms with Crippen LogP contribution in [0.3, 0.4) is 0 Å². The summed E-state index contributed by atoms with van der Waals surface area (Å²) in [6.45, 7) is 0. The molecule has 0 atom stereocenters. The molecule has 0 bridgehead atoms. The summed E-state index contributed by atoms with van der Waals surface area (Å²) in [6.07, 6.45) is 10.6. The maximum absolute atomic E-state index is 11.3. The van der Waals surface area contributed by atoms with Crippen LogP contribution in [0.5, 0.6) is 0 Å². The van der Waals surface area contributed by atoms with Gasteiger partial charge >= 0.3 is 0 Å². The second-order valence-corrected chi connectivity index (χ2v) is 7.27. The quantitative estimate of drug-likeness (QED) is 0.340. The number of fused-ring (bicyclic) bond motifs is 2. The first-order valence-electron chi connectivity index (χ1n) is 9.39. The van der Waals surface area contributed by atoms with Crippen LogP contribution < -0.4 is 0 Å². The Bertz CT molecular complexity index is 1300. The maximum Gasteiger partial charge on any atom is 0.270 e. The van der Waals surface area contributed by atoms with Gasteiger partial charge in [-0.3, -0.25) is 20.2 Å². The molecule has 2 aromatic heterocycles. The molecule has 8 nitrogen and oxygen atoms in total. The van der Waals surface area contributed by atoms with Crippen LogP contribution in [0.15, 0.2) is 72.6 Å². The van der Waals surface area contributed by atoms with Crippen molar-refractivity contribution in [3.05, 3.63) is 104 Å². The van der Waals surface area contributed by atoms with Crippen molar-refractivity contribution in [2.75, 3.05) is 0 Å². The average Bonchev–Trinajstić information content (AvgIpc) is 3.48. The molecule has 0 unspecified atom stereocenters. The van der Waals surface area contributed by atoms with Crippen LogP contribution in [0.4, 0.5) is 11.4 Å². The number of nitrogens with one attached hydrogen (secondary N) is 2. The summed E-state index contributed by atoms with van der Waals surface area (Å²) in [5.41, 5.74) is 4.57. The number of nitrogens with zero attached hydrogens (tertiary/aromatic N) is 2. The van der Waals surface area contributed by atoms with E-state index in [1.165, 1.54) is 12.1 Å². The zero-order valence-electron chi connectivity index (χ0n) is 15.7. The van der Waals surface area contributed by atoms with E-state index in [1.54, 1.807) is 24.3 Å². The third kappa shape index (κ3) is 2.77. The minimum absolute atomic E-state index is 0.0233. The lowest BCUT2D eigenvalue weighted by molar-refractivity contribution is -0.384. The number of benzene rings is 2. The molecule has 148 valence electrons. The largest absolute Gasteiger partial charge is 0.361 e. The van der Waals surface area contributed by atoms with Crippen LogP contribution in [0, 0.1) is 20.2 Å². The van der Waals surface area contributed by atoms with Gasteiger partial charge in [-0.15, -0.1) is 0 Å². The summed E-state index contributed by atoms with van der Waals surface area (Å²) in [5, 5.41) is 24.2. The van der Waals surface area contributed by atoms with E-state index in [4.69, 9.17) is 0 Å². The number of nitro benzene ring substituents is 2. The molecule has 4 aromatic rings. The van der Waals surface area contributed by atoms with Gasteiger partial charge in [-0.05, 0) is 29.7 Å². The van der Waals surface area contributed by atoms with Gasteiger partial charge in [0, 0.05) is 64.4 Å². The molecular weight excluding hydrogens is 384 g/mol. The van der Waals surface area contributed by atoms with Crippen molar-refractivity contribution in [3.8, 4) is 0 Å². The molecule has 0 amide bonds. The zero-order valence-corrected chi connectivity index (χ0v) is 15.7. The topological polar surface area (TPSA) is 118 Å². The van der Waals surface area contributed by atoms with E-state index in [1.807, 2.05) is 24.5 Å². The molecule has 0 radical (unpaired) electrons. The van der Waals surface area contributed by atoms with Crippen molar-refractivity contribution < 1.29 is 9.85 Å². The SMILES string of the molecule is O=[N+]([O-])c1ccc2[nH]cc(C(C3=CC=CC3)c3c[nH]c4ccc([N+](=O)[O-])cc34)c2c1. The first-order valence-corrected chi connectivity index (χ1v) is 9.39. The number of nitro groups is 2. The summed E-state index contributed by atoms with van der Waals surface area (Å²) in [5.74, 6) is -0.202. The summed E-state index contributed by atoms with van der Waals surface area (Å²) >= 11 is 0. The lowest BCUT2D eigenvalue weighted by atomic mass is 9.84. The molecule has 2 aromatic carbocycles. The highest BCUT2D eigenvalue weighted by molar-refractivity contribution is 5.91. The second kappa shape index (κ2) is 6.70. The Morgan fingerprint density at radius 3 is 1.80 bits per heavy atom. The molecule has 0 spiro atoms. The fourth-order valence-corrected chi connectivity index (χ4v) is 4.21. The lowest BCUT2D eigenvalue weighted by Crippen LogP contribution is -2.03. The van der Waals surface area contributed by atoms with Gasteiger partial charge in [0.1, 0.15) is 0 Å². The van der Waals surface area contributed by atoms with Gasteiger partial charge in [-0.1, -0.05) is 23.8 Å². The van der Waals surface area contributed by atoms with Gasteiger partial charge in [0.05, 0.1) is 9.85 Å². The van der Waals surface area contributed by atoms with Crippen LogP contribution in [-0.4, -0.2) is 19.8 Å². The van der Waals surface area contributed by atoms with Gasteiger partial charge < -0.3 is 9.97 Å². The van der Waals surface area contributed by atoms with E-state index in [-0.39, 0.29) is 17.3 Å². The van der Waals surface area contributed by atoms with Crippen molar-refractivity contribution in [1.82, 2.24) is 9.97 Å². The van der Waals surface area contributed by atoms with Crippen LogP contribution in [-0.2, 0) is 0 Å². The summed E-state index contributed by atoms with van der Waals surface area (Å²) in [6, 6.07) is 9.51. The normalized spacial score (nSPS) is 13.4. The summed E-state index contributed by atoms with van der Waals surface area (Å²) in [7, 11) is 0. The monoisotopic (exact) mass is 400 g/mol. The van der Waals surface area contributed by atoms with Gasteiger partial charge in [0.25, 0.3) is 11.4 Å². The van der Waals surface area contributed by atoms with Gasteiger partial charge in [-0.25, -0.2) is 0 Å². The molecule has 0 saturated carbocycles. The fourth-order valence-electron chi connectivity index (χ4n) is 4.21. The molecule has 1 aliphatic carbocycles. The Morgan fingerprint density at radius 1 is 0.833 bits per heavy atom. The van der Waals surface area contributed by atoms with Gasteiger partial charge in [0.15, 0.2) is 0 Å². The molecule has 0 aliphatic heterocycles. The number of hydrogen-bond acceptors (Lipinski definition) is 4. The van der Waals surface area contributed by atoms with E-state index >= 15 is 0 Å². The Labute approximate surface area is 169 Å². The fraction of sp³-hybridized carbons (Fsp3) is 0.0909. The average molecular weight is 400 g/mol. The third-order valence-corrected chi connectivity index (χ3v) is 5.61. The molecule has 0 saturated heterocycles. The first-order chi connectivity index (χ1) is 14.5. The Balaban J connectivity index is 1.75. The van der Waals surface area contributed by atoms with Crippen molar-refractivity contribution >= 4 is 33.2 Å². The number of rotatable bonds is 5. The number of non-ortho nitro benzene ring substituents is 2. The molecule has 1 aliphatic rings. The predicted molar refractivity (Wildman–Crippen MR) is 114 cm³/mol. The maximum atomic E-state index is 11.3. The molecule has 30 heavy (non-hydrogen) atoms. The van der Waals surface area contributed by atoms with Crippen LogP contribution in [0.1, 0.15) is 23.5 Å². The minimum atomic E-state index is -0.406. The Kier molecular flexibility index (Phi) is 3.99. The number of hydrogen-bond donors (Lipinski definition) is 2. The van der Waals surface area contributed by atoms with E-state index in [0.717, 1.165) is 44.9 Å². The van der Waals surface area contributed by atoms with E-state index in [0.29, 0.717) is 0 Å². The van der Waals surface area contributed by atoms with Gasteiger partial charge in [-0.2, -0.15) is 0 Å². The summed E-state index contributed by atoms with van der Waals surface area (Å²) < 4.78 is 0. The van der Waals surface area contributed by atoms with Crippen molar-refractivity contribution in [2.45, 2.75) is 12.3 Å². The number of aromatic amines is 2. The van der Waals surface area contributed by atoms with Crippen LogP contribution in [0.2, 0.25) is 0 Å². The first kappa shape index (κ1) is 17.9. The smallest absolute Gasteiger partial charge is 0.270 e. The van der Waals surface area contributed by atoms with E-state index in [9.17, 15) is 20.2 Å². The van der Waals surface area contributed by atoms with Gasteiger partial charge in [0.2, 0.25) is 0 Å². The van der Waals surface area contributed by atoms with E-state index in [2.05, 4.69) is 16.0 Å². The molecule has 2 heterocycles. The second-order valence-electron chi connectivity index (χ2n) is 7.27. The van der Waals surface area contributed by atoms with Crippen molar-refractivity contribution in [2.24, 2.45) is 0 Å². The van der Waals surface area contributed by atoms with E-state index < -0.39 is 9.85 Å². The van der Waals surface area contributed by atoms with Crippen LogP contribution >= 0.6 is 0 Å². The highest BCUT2D eigenvalue weighted by Crippen LogP contribution is 2.42. The molecular formula is C22H16N4O4. The van der Waals surface area contributed by atoms with Crippen molar-refractivity contribution in [1.29, 1.82) is 0 Å². The molecule has 0 fully saturated rings. The zero-order chi connectivity index (χ0) is 20.8. The highest BCUT2D eigenvalue weighted by atomic mass is 16.6. The number of H-pyrrole nitrogens is 2. The lowest BCUT2D eigenvalue weighted by Gasteiger charge is -2.18. The van der Waals surface area contributed by atoms with Crippen molar-refractivity contribution in [3.63, 3.8) is 0 Å². The molecule has 5 rings (SSSR count). The number of aromatic nitrogens is 2. The summed E-state index contributed by atoms with van der Waals surface area (Å²) in [4.78, 5) is 28.2. The standard InChI is InChI=1S/C22H16N4O4/c27-25(28)14-5-7-20-16(9-14)18(11-23-20)22(13-3-1-2-4-13)19-12-24-21-8-6-15(26(29)30)10-17(19)21/h1-3,5-12,22-24H,4H2.